The number of rotatable bonds is 6. The Morgan fingerprint density at radius 1 is 1.19 bits per heavy atom. The summed E-state index contributed by atoms with van der Waals surface area (Å²) < 4.78 is 0. The predicted molar refractivity (Wildman–Crippen MR) is 91.7 cm³/mol. The van der Waals surface area contributed by atoms with Crippen molar-refractivity contribution in [2.75, 3.05) is 20.1 Å². The van der Waals surface area contributed by atoms with E-state index in [4.69, 9.17) is 0 Å². The first-order chi connectivity index (χ1) is 10.1. The van der Waals surface area contributed by atoms with E-state index in [1.807, 2.05) is 0 Å². The first-order valence-corrected chi connectivity index (χ1v) is 8.60. The van der Waals surface area contributed by atoms with Gasteiger partial charge in [0.15, 0.2) is 0 Å². The molecule has 118 valence electrons. The van der Waals surface area contributed by atoms with Crippen LogP contribution >= 0.6 is 0 Å². The number of benzene rings is 1. The van der Waals surface area contributed by atoms with Gasteiger partial charge in [-0.1, -0.05) is 44.5 Å². The molecule has 2 rings (SSSR count). The smallest absolute Gasteiger partial charge is 0.0446 e. The lowest BCUT2D eigenvalue weighted by atomic mass is 9.98. The molecule has 2 nitrogen and oxygen atoms in total. The Bertz CT molecular complexity index is 410. The number of nitrogens with one attached hydrogen (secondary N) is 1. The molecule has 1 heterocycles. The molecule has 1 N–H and O–H groups in total. The quantitative estimate of drug-likeness (QED) is 0.850. The van der Waals surface area contributed by atoms with E-state index in [-0.39, 0.29) is 0 Å². The van der Waals surface area contributed by atoms with E-state index in [0.29, 0.717) is 6.04 Å². The molecule has 1 aliphatic rings. The zero-order chi connectivity index (χ0) is 15.2. The maximum Gasteiger partial charge on any atom is 0.0446 e. The second-order valence-corrected chi connectivity index (χ2v) is 7.02. The first kappa shape index (κ1) is 16.5. The number of hydrogen-bond donors (Lipinski definition) is 1. The van der Waals surface area contributed by atoms with Gasteiger partial charge in [-0.3, -0.25) is 4.90 Å². The average molecular weight is 288 g/mol. The highest BCUT2D eigenvalue weighted by atomic mass is 15.2. The fourth-order valence-corrected chi connectivity index (χ4v) is 3.38. The molecule has 0 bridgehead atoms. The highest BCUT2D eigenvalue weighted by Crippen LogP contribution is 2.22. The van der Waals surface area contributed by atoms with Gasteiger partial charge in [-0.05, 0) is 56.8 Å². The maximum atomic E-state index is 3.50. The Morgan fingerprint density at radius 3 is 2.48 bits per heavy atom. The SMILES string of the molecule is CNC(CN1CCCCC1C)c1ccc(CC(C)C)cc1. The summed E-state index contributed by atoms with van der Waals surface area (Å²) in [6, 6.07) is 10.4. The summed E-state index contributed by atoms with van der Waals surface area (Å²) in [5.74, 6) is 0.727. The number of hydrogen-bond acceptors (Lipinski definition) is 2. The van der Waals surface area contributed by atoms with Crippen LogP contribution in [-0.2, 0) is 6.42 Å². The van der Waals surface area contributed by atoms with Gasteiger partial charge in [0.2, 0.25) is 0 Å². The van der Waals surface area contributed by atoms with E-state index >= 15 is 0 Å². The Balaban J connectivity index is 1.99. The van der Waals surface area contributed by atoms with Crippen molar-refractivity contribution in [2.45, 2.75) is 58.5 Å². The van der Waals surface area contributed by atoms with Crippen molar-refractivity contribution in [1.29, 1.82) is 0 Å². The Hall–Kier alpha value is -0.860. The minimum absolute atomic E-state index is 0.443. The number of likely N-dealkylation sites (tertiary alicyclic amines) is 1. The lowest BCUT2D eigenvalue weighted by molar-refractivity contribution is 0.146. The standard InChI is InChI=1S/C19H32N2/c1-15(2)13-17-8-10-18(11-9-17)19(20-4)14-21-12-6-5-7-16(21)3/h8-11,15-16,19-20H,5-7,12-14H2,1-4H3. The second kappa shape index (κ2) is 7.95. The average Bonchev–Trinajstić information content (AvgIpc) is 2.47. The topological polar surface area (TPSA) is 15.3 Å². The third-order valence-corrected chi connectivity index (χ3v) is 4.73. The molecule has 0 radical (unpaired) electrons. The van der Waals surface area contributed by atoms with Crippen LogP contribution in [0.25, 0.3) is 0 Å². The van der Waals surface area contributed by atoms with Gasteiger partial charge in [-0.15, -0.1) is 0 Å². The molecule has 1 aliphatic heterocycles. The summed E-state index contributed by atoms with van der Waals surface area (Å²) in [4.78, 5) is 2.65. The fourth-order valence-electron chi connectivity index (χ4n) is 3.38. The van der Waals surface area contributed by atoms with Crippen LogP contribution in [0.2, 0.25) is 0 Å². The molecule has 1 fully saturated rings. The summed E-state index contributed by atoms with van der Waals surface area (Å²) in [5.41, 5.74) is 2.87. The normalized spacial score (nSPS) is 21.7. The van der Waals surface area contributed by atoms with E-state index < -0.39 is 0 Å². The third-order valence-electron chi connectivity index (χ3n) is 4.73. The number of likely N-dealkylation sites (N-methyl/N-ethyl adjacent to an activating group) is 1. The van der Waals surface area contributed by atoms with Gasteiger partial charge in [0.05, 0.1) is 0 Å². The monoisotopic (exact) mass is 288 g/mol. The maximum absolute atomic E-state index is 3.50. The van der Waals surface area contributed by atoms with Gasteiger partial charge in [0.25, 0.3) is 0 Å². The van der Waals surface area contributed by atoms with Crippen LogP contribution in [-0.4, -0.2) is 31.1 Å². The molecular formula is C19H32N2. The van der Waals surface area contributed by atoms with E-state index in [9.17, 15) is 0 Å². The van der Waals surface area contributed by atoms with Crippen LogP contribution in [0.1, 0.15) is 57.2 Å². The largest absolute Gasteiger partial charge is 0.312 e. The number of nitrogens with zero attached hydrogens (tertiary/aromatic N) is 1. The zero-order valence-electron chi connectivity index (χ0n) is 14.2. The third kappa shape index (κ3) is 4.82. The molecule has 2 atom stereocenters. The van der Waals surface area contributed by atoms with Crippen LogP contribution in [0.5, 0.6) is 0 Å². The van der Waals surface area contributed by atoms with Gasteiger partial charge in [-0.2, -0.15) is 0 Å². The van der Waals surface area contributed by atoms with Crippen LogP contribution in [0.15, 0.2) is 24.3 Å². The summed E-state index contributed by atoms with van der Waals surface area (Å²) in [7, 11) is 2.08. The summed E-state index contributed by atoms with van der Waals surface area (Å²) in [5, 5.41) is 3.50. The Kier molecular flexibility index (Phi) is 6.25. The van der Waals surface area contributed by atoms with Gasteiger partial charge in [-0.25, -0.2) is 0 Å². The Labute approximate surface area is 130 Å². The predicted octanol–water partition coefficient (Wildman–Crippen LogP) is 4.02. The molecule has 0 saturated carbocycles. The molecule has 0 aromatic heterocycles. The van der Waals surface area contributed by atoms with Crippen LogP contribution in [0, 0.1) is 5.92 Å². The molecule has 0 spiro atoms. The van der Waals surface area contributed by atoms with Gasteiger partial charge >= 0.3 is 0 Å². The molecule has 0 amide bonds. The van der Waals surface area contributed by atoms with Crippen LogP contribution in [0.3, 0.4) is 0 Å². The van der Waals surface area contributed by atoms with Gasteiger partial charge in [0.1, 0.15) is 0 Å². The second-order valence-electron chi connectivity index (χ2n) is 7.02. The first-order valence-electron chi connectivity index (χ1n) is 8.60. The van der Waals surface area contributed by atoms with Crippen LogP contribution in [0.4, 0.5) is 0 Å². The molecule has 2 unspecified atom stereocenters. The highest BCUT2D eigenvalue weighted by Gasteiger charge is 2.21. The van der Waals surface area contributed by atoms with Crippen molar-refractivity contribution in [3.8, 4) is 0 Å². The lowest BCUT2D eigenvalue weighted by Gasteiger charge is -2.36. The molecule has 1 saturated heterocycles. The van der Waals surface area contributed by atoms with Crippen molar-refractivity contribution < 1.29 is 0 Å². The minimum atomic E-state index is 0.443. The van der Waals surface area contributed by atoms with Gasteiger partial charge < -0.3 is 5.32 Å². The van der Waals surface area contributed by atoms with E-state index in [0.717, 1.165) is 18.5 Å². The zero-order valence-corrected chi connectivity index (χ0v) is 14.2. The van der Waals surface area contributed by atoms with Gasteiger partial charge in [0, 0.05) is 18.6 Å². The van der Waals surface area contributed by atoms with Crippen LogP contribution < -0.4 is 5.32 Å². The summed E-state index contributed by atoms with van der Waals surface area (Å²) in [6.45, 7) is 9.31. The minimum Gasteiger partial charge on any atom is -0.312 e. The van der Waals surface area contributed by atoms with Crippen molar-refractivity contribution in [1.82, 2.24) is 10.2 Å². The number of piperidine rings is 1. The van der Waals surface area contributed by atoms with Crippen molar-refractivity contribution in [2.24, 2.45) is 5.92 Å². The molecular weight excluding hydrogens is 256 g/mol. The molecule has 1 aromatic carbocycles. The van der Waals surface area contributed by atoms with Crippen molar-refractivity contribution in [3.05, 3.63) is 35.4 Å². The molecule has 2 heteroatoms. The Morgan fingerprint density at radius 2 is 1.90 bits per heavy atom. The van der Waals surface area contributed by atoms with Crippen molar-refractivity contribution >= 4 is 0 Å². The summed E-state index contributed by atoms with van der Waals surface area (Å²) >= 11 is 0. The van der Waals surface area contributed by atoms with E-state index in [1.54, 1.807) is 0 Å². The highest BCUT2D eigenvalue weighted by molar-refractivity contribution is 5.25. The fraction of sp³-hybridized carbons (Fsp3) is 0.684. The lowest BCUT2D eigenvalue weighted by Crippen LogP contribution is -2.42. The molecule has 1 aromatic rings. The van der Waals surface area contributed by atoms with E-state index in [2.05, 4.69) is 62.3 Å². The summed E-state index contributed by atoms with van der Waals surface area (Å²) in [6.07, 6.45) is 5.28. The molecule has 21 heavy (non-hydrogen) atoms. The van der Waals surface area contributed by atoms with E-state index in [1.165, 1.54) is 43.4 Å². The van der Waals surface area contributed by atoms with Crippen molar-refractivity contribution in [3.63, 3.8) is 0 Å². The molecule has 0 aliphatic carbocycles.